The minimum atomic E-state index is -0.311. The number of benzene rings is 10. The number of hydrogen-bond acceptors (Lipinski definition) is 3. The summed E-state index contributed by atoms with van der Waals surface area (Å²) in [6, 6.07) is 80.4. The molecule has 1 aliphatic carbocycles. The highest BCUT2D eigenvalue weighted by atomic mass is 15.0. The fourth-order valence-corrected chi connectivity index (χ4v) is 10.1. The Hall–Kier alpha value is -8.27. The minimum Gasteiger partial charge on any atom is -0.208 e. The maximum absolute atomic E-state index is 5.28. The largest absolute Gasteiger partial charge is 0.208 e. The molecule has 0 amide bonds. The van der Waals surface area contributed by atoms with Crippen LogP contribution in [-0.2, 0) is 5.41 Å². The van der Waals surface area contributed by atoms with Crippen LogP contribution in [0.1, 0.15) is 25.0 Å². The van der Waals surface area contributed by atoms with Crippen LogP contribution >= 0.6 is 0 Å². The van der Waals surface area contributed by atoms with Crippen molar-refractivity contribution in [2.24, 2.45) is 0 Å². The van der Waals surface area contributed by atoms with E-state index in [1.807, 2.05) is 12.1 Å². The molecular formula is C62H43N3. The van der Waals surface area contributed by atoms with E-state index < -0.39 is 0 Å². The van der Waals surface area contributed by atoms with Crippen molar-refractivity contribution in [1.82, 2.24) is 15.0 Å². The summed E-state index contributed by atoms with van der Waals surface area (Å²) in [5.41, 5.74) is 17.1. The summed E-state index contributed by atoms with van der Waals surface area (Å²) in [4.78, 5) is 15.8. The molecule has 0 fully saturated rings. The van der Waals surface area contributed by atoms with Crippen molar-refractivity contribution in [1.29, 1.82) is 0 Å². The van der Waals surface area contributed by atoms with Crippen LogP contribution in [0, 0.1) is 0 Å². The SMILES string of the molecule is CC1(C)c2cc(-c3nc(-c4cccc(-c5ccccc5)c4)nc(-c4cccc(-c5ccccc5)c4)n3)ccc2-c2cc3c(-c4ccccc4)c4ccccc4c(-c4ccccc4)c3cc21. The molecule has 3 heteroatoms. The Labute approximate surface area is 379 Å². The van der Waals surface area contributed by atoms with Gasteiger partial charge in [-0.25, -0.2) is 15.0 Å². The van der Waals surface area contributed by atoms with Gasteiger partial charge in [0.2, 0.25) is 0 Å². The molecule has 1 heterocycles. The van der Waals surface area contributed by atoms with Crippen LogP contribution < -0.4 is 0 Å². The second-order valence-electron chi connectivity index (χ2n) is 17.6. The maximum Gasteiger partial charge on any atom is 0.164 e. The van der Waals surface area contributed by atoms with Crippen LogP contribution in [0.5, 0.6) is 0 Å². The van der Waals surface area contributed by atoms with Crippen LogP contribution in [0.4, 0.5) is 0 Å². The van der Waals surface area contributed by atoms with Crippen LogP contribution in [0.15, 0.2) is 224 Å². The molecule has 3 nitrogen and oxygen atoms in total. The molecule has 306 valence electrons. The Balaban J connectivity index is 1.05. The summed E-state index contributed by atoms with van der Waals surface area (Å²) in [6.07, 6.45) is 0. The molecule has 1 aliphatic rings. The second-order valence-corrected chi connectivity index (χ2v) is 17.6. The highest BCUT2D eigenvalue weighted by Gasteiger charge is 2.37. The molecule has 1 aromatic heterocycles. The number of nitrogens with zero attached hydrogens (tertiary/aromatic N) is 3. The molecule has 0 bridgehead atoms. The maximum atomic E-state index is 5.28. The number of aromatic nitrogens is 3. The van der Waals surface area contributed by atoms with Gasteiger partial charge in [0.1, 0.15) is 0 Å². The van der Waals surface area contributed by atoms with Crippen molar-refractivity contribution in [2.75, 3.05) is 0 Å². The first-order valence-corrected chi connectivity index (χ1v) is 22.3. The van der Waals surface area contributed by atoms with Gasteiger partial charge in [-0.3, -0.25) is 0 Å². The fraction of sp³-hybridized carbons (Fsp3) is 0.0484. The number of fused-ring (bicyclic) bond motifs is 5. The van der Waals surface area contributed by atoms with Gasteiger partial charge in [-0.05, 0) is 119 Å². The van der Waals surface area contributed by atoms with Gasteiger partial charge in [-0.1, -0.05) is 208 Å². The minimum absolute atomic E-state index is 0.311. The first kappa shape index (κ1) is 38.4. The van der Waals surface area contributed by atoms with Crippen molar-refractivity contribution in [3.05, 3.63) is 236 Å². The lowest BCUT2D eigenvalue weighted by Crippen LogP contribution is -2.15. The molecule has 0 saturated carbocycles. The van der Waals surface area contributed by atoms with E-state index in [0.29, 0.717) is 17.5 Å². The second kappa shape index (κ2) is 15.5. The molecule has 0 unspecified atom stereocenters. The highest BCUT2D eigenvalue weighted by Crippen LogP contribution is 2.54. The summed E-state index contributed by atoms with van der Waals surface area (Å²) >= 11 is 0. The summed E-state index contributed by atoms with van der Waals surface area (Å²) in [6.45, 7) is 4.73. The molecule has 12 rings (SSSR count). The summed E-state index contributed by atoms with van der Waals surface area (Å²) < 4.78 is 0. The van der Waals surface area contributed by atoms with Crippen molar-refractivity contribution in [3.8, 4) is 89.8 Å². The van der Waals surface area contributed by atoms with Gasteiger partial charge in [0, 0.05) is 22.1 Å². The third kappa shape index (κ3) is 6.63. The molecule has 0 spiro atoms. The van der Waals surface area contributed by atoms with Gasteiger partial charge in [-0.15, -0.1) is 0 Å². The van der Waals surface area contributed by atoms with E-state index in [-0.39, 0.29) is 5.41 Å². The first-order chi connectivity index (χ1) is 32.0. The fourth-order valence-electron chi connectivity index (χ4n) is 10.1. The van der Waals surface area contributed by atoms with Gasteiger partial charge in [-0.2, -0.15) is 0 Å². The van der Waals surface area contributed by atoms with Crippen LogP contribution in [0.2, 0.25) is 0 Å². The van der Waals surface area contributed by atoms with E-state index in [9.17, 15) is 0 Å². The smallest absolute Gasteiger partial charge is 0.164 e. The summed E-state index contributed by atoms with van der Waals surface area (Å²) in [5.74, 6) is 1.91. The predicted octanol–water partition coefficient (Wildman–Crippen LogP) is 16.2. The lowest BCUT2D eigenvalue weighted by atomic mass is 9.79. The van der Waals surface area contributed by atoms with Gasteiger partial charge < -0.3 is 0 Å². The summed E-state index contributed by atoms with van der Waals surface area (Å²) in [7, 11) is 0. The van der Waals surface area contributed by atoms with Gasteiger partial charge >= 0.3 is 0 Å². The van der Waals surface area contributed by atoms with E-state index in [2.05, 4.69) is 226 Å². The average Bonchev–Trinajstić information content (AvgIpc) is 3.59. The molecule has 0 saturated heterocycles. The van der Waals surface area contributed by atoms with E-state index in [1.54, 1.807) is 0 Å². The lowest BCUT2D eigenvalue weighted by molar-refractivity contribution is 0.661. The Kier molecular flexibility index (Phi) is 9.17. The molecule has 0 N–H and O–H groups in total. The predicted molar refractivity (Wildman–Crippen MR) is 270 cm³/mol. The monoisotopic (exact) mass is 829 g/mol. The zero-order valence-electron chi connectivity index (χ0n) is 36.2. The molecule has 0 atom stereocenters. The van der Waals surface area contributed by atoms with Gasteiger partial charge in [0.05, 0.1) is 0 Å². The van der Waals surface area contributed by atoms with E-state index in [0.717, 1.165) is 38.9 Å². The lowest BCUT2D eigenvalue weighted by Gasteiger charge is -2.24. The van der Waals surface area contributed by atoms with Crippen molar-refractivity contribution in [3.63, 3.8) is 0 Å². The Morgan fingerprint density at radius 1 is 0.262 bits per heavy atom. The molecule has 65 heavy (non-hydrogen) atoms. The highest BCUT2D eigenvalue weighted by molar-refractivity contribution is 6.22. The van der Waals surface area contributed by atoms with Gasteiger partial charge in [0.15, 0.2) is 17.5 Å². The molecule has 11 aromatic rings. The number of rotatable bonds is 7. The van der Waals surface area contributed by atoms with Crippen molar-refractivity contribution < 1.29 is 0 Å². The zero-order valence-corrected chi connectivity index (χ0v) is 36.2. The zero-order chi connectivity index (χ0) is 43.5. The third-order valence-corrected chi connectivity index (χ3v) is 13.3. The van der Waals surface area contributed by atoms with E-state index in [4.69, 9.17) is 15.0 Å². The summed E-state index contributed by atoms with van der Waals surface area (Å²) in [5, 5.41) is 5.02. The number of hydrogen-bond donors (Lipinski definition) is 0. The first-order valence-electron chi connectivity index (χ1n) is 22.3. The Morgan fingerprint density at radius 2 is 0.631 bits per heavy atom. The Morgan fingerprint density at radius 3 is 1.11 bits per heavy atom. The normalized spacial score (nSPS) is 12.6. The van der Waals surface area contributed by atoms with E-state index >= 15 is 0 Å². The van der Waals surface area contributed by atoms with Gasteiger partial charge in [0.25, 0.3) is 0 Å². The standard InChI is InChI=1S/C62H43N3/c1-62(2)55-37-48(61-64-59(46-29-17-27-44(35-46)40-19-7-3-8-20-40)63-60(65-61)47-30-18-28-45(36-47)41-21-9-4-10-22-41)33-34-49(55)52-38-53-54(39-56(52)62)58(43-25-13-6-14-26-43)51-32-16-15-31-50(51)57(53)42-23-11-5-12-24-42/h3-39H,1-2H3. The van der Waals surface area contributed by atoms with E-state index in [1.165, 1.54) is 66.1 Å². The van der Waals surface area contributed by atoms with Crippen LogP contribution in [0.25, 0.3) is 111 Å². The molecule has 0 aliphatic heterocycles. The molecular weight excluding hydrogens is 787 g/mol. The quantitative estimate of drug-likeness (QED) is 0.150. The van der Waals surface area contributed by atoms with Crippen LogP contribution in [0.3, 0.4) is 0 Å². The van der Waals surface area contributed by atoms with Crippen LogP contribution in [-0.4, -0.2) is 15.0 Å². The van der Waals surface area contributed by atoms with Crippen molar-refractivity contribution >= 4 is 21.5 Å². The topological polar surface area (TPSA) is 38.7 Å². The molecule has 0 radical (unpaired) electrons. The molecule has 10 aromatic carbocycles. The Bertz CT molecular complexity index is 3500. The average molecular weight is 830 g/mol. The third-order valence-electron chi connectivity index (χ3n) is 13.3. The van der Waals surface area contributed by atoms with Crippen molar-refractivity contribution in [2.45, 2.75) is 19.3 Å².